The van der Waals surface area contributed by atoms with E-state index >= 15 is 0 Å². The van der Waals surface area contributed by atoms with Crippen LogP contribution in [0.1, 0.15) is 11.1 Å². The van der Waals surface area contributed by atoms with E-state index in [2.05, 4.69) is 0 Å². The Morgan fingerprint density at radius 1 is 1.05 bits per heavy atom. The van der Waals surface area contributed by atoms with Crippen molar-refractivity contribution in [3.8, 4) is 11.8 Å². The first kappa shape index (κ1) is 15.7. The van der Waals surface area contributed by atoms with Crippen LogP contribution in [0.25, 0.3) is 6.08 Å². The highest BCUT2D eigenvalue weighted by Crippen LogP contribution is 2.35. The van der Waals surface area contributed by atoms with Crippen LogP contribution < -0.4 is 4.74 Å². The molecule has 106 valence electrons. The second-order valence-electron chi connectivity index (χ2n) is 4.16. The third kappa shape index (κ3) is 4.15. The van der Waals surface area contributed by atoms with E-state index in [-0.39, 0.29) is 6.61 Å². The van der Waals surface area contributed by atoms with Gasteiger partial charge in [-0.05, 0) is 29.8 Å². The number of halogens is 3. The maximum atomic E-state index is 8.52. The summed E-state index contributed by atoms with van der Waals surface area (Å²) < 4.78 is 5.66. The monoisotopic (exact) mass is 337 g/mol. The van der Waals surface area contributed by atoms with Crippen LogP contribution in [0.4, 0.5) is 0 Å². The fourth-order valence-electron chi connectivity index (χ4n) is 1.71. The Hall–Kier alpha value is -1.66. The maximum Gasteiger partial charge on any atom is 0.157 e. The van der Waals surface area contributed by atoms with Crippen LogP contribution in [-0.2, 0) is 6.61 Å². The molecule has 0 saturated heterocycles. The van der Waals surface area contributed by atoms with E-state index in [1.165, 1.54) is 6.08 Å². The molecular formula is C16H10Cl3NO. The Bertz CT molecular complexity index is 697. The summed E-state index contributed by atoms with van der Waals surface area (Å²) in [6, 6.07) is 12.7. The Morgan fingerprint density at radius 2 is 1.71 bits per heavy atom. The van der Waals surface area contributed by atoms with Gasteiger partial charge in [0.2, 0.25) is 0 Å². The topological polar surface area (TPSA) is 33.0 Å². The average Bonchev–Trinajstić information content (AvgIpc) is 2.46. The minimum atomic E-state index is 0.270. The molecule has 0 unspecified atom stereocenters. The number of hydrogen-bond donors (Lipinski definition) is 0. The lowest BCUT2D eigenvalue weighted by atomic mass is 10.2. The summed E-state index contributed by atoms with van der Waals surface area (Å²) >= 11 is 18.4. The molecule has 2 aromatic carbocycles. The zero-order valence-corrected chi connectivity index (χ0v) is 13.1. The van der Waals surface area contributed by atoms with E-state index in [9.17, 15) is 0 Å². The minimum absolute atomic E-state index is 0.270. The Kier molecular flexibility index (Phi) is 5.52. The van der Waals surface area contributed by atoms with Gasteiger partial charge < -0.3 is 4.74 Å². The largest absolute Gasteiger partial charge is 0.486 e. The highest BCUT2D eigenvalue weighted by atomic mass is 35.5. The fraction of sp³-hybridized carbons (Fsp3) is 0.0625. The molecular weight excluding hydrogens is 329 g/mol. The summed E-state index contributed by atoms with van der Waals surface area (Å²) in [5, 5.41) is 9.90. The summed E-state index contributed by atoms with van der Waals surface area (Å²) in [7, 11) is 0. The highest BCUT2D eigenvalue weighted by Gasteiger charge is 2.10. The standard InChI is InChI=1S/C16H10Cl3NO/c17-13-6-2-1-5-12(13)10-21-16-14(18)8-11(4-3-7-20)9-15(16)19/h1-6,8-9H,10H2/b4-3+. The van der Waals surface area contributed by atoms with Gasteiger partial charge in [-0.25, -0.2) is 0 Å². The molecule has 2 aromatic rings. The van der Waals surface area contributed by atoms with Crippen LogP contribution in [-0.4, -0.2) is 0 Å². The van der Waals surface area contributed by atoms with Crippen molar-refractivity contribution in [3.05, 3.63) is 68.7 Å². The second kappa shape index (κ2) is 7.38. The highest BCUT2D eigenvalue weighted by molar-refractivity contribution is 6.37. The van der Waals surface area contributed by atoms with E-state index in [4.69, 9.17) is 44.8 Å². The van der Waals surface area contributed by atoms with Crippen LogP contribution in [0, 0.1) is 11.3 Å². The molecule has 2 nitrogen and oxygen atoms in total. The number of ether oxygens (including phenoxy) is 1. The number of rotatable bonds is 4. The van der Waals surface area contributed by atoms with Crippen molar-refractivity contribution in [3.63, 3.8) is 0 Å². The van der Waals surface area contributed by atoms with Crippen LogP contribution in [0.2, 0.25) is 15.1 Å². The summed E-state index contributed by atoms with van der Waals surface area (Å²) in [6.07, 6.45) is 2.97. The lowest BCUT2D eigenvalue weighted by Gasteiger charge is -2.11. The van der Waals surface area contributed by atoms with Gasteiger partial charge >= 0.3 is 0 Å². The lowest BCUT2D eigenvalue weighted by Crippen LogP contribution is -1.97. The molecule has 0 radical (unpaired) electrons. The first-order valence-corrected chi connectivity index (χ1v) is 7.16. The van der Waals surface area contributed by atoms with Crippen LogP contribution in [0.15, 0.2) is 42.5 Å². The fourth-order valence-corrected chi connectivity index (χ4v) is 2.52. The van der Waals surface area contributed by atoms with Gasteiger partial charge in [0.25, 0.3) is 0 Å². The Morgan fingerprint density at radius 3 is 2.33 bits per heavy atom. The van der Waals surface area contributed by atoms with Gasteiger partial charge in [0.05, 0.1) is 16.1 Å². The van der Waals surface area contributed by atoms with Crippen molar-refractivity contribution in [2.24, 2.45) is 0 Å². The summed E-state index contributed by atoms with van der Waals surface area (Å²) in [6.45, 7) is 0.270. The van der Waals surface area contributed by atoms with E-state index in [0.717, 1.165) is 11.1 Å². The SMILES string of the molecule is N#C/C=C/c1cc(Cl)c(OCc2ccccc2Cl)c(Cl)c1. The Balaban J connectivity index is 2.20. The molecule has 0 aliphatic carbocycles. The molecule has 0 N–H and O–H groups in total. The van der Waals surface area contributed by atoms with E-state index in [1.54, 1.807) is 24.3 Å². The smallest absolute Gasteiger partial charge is 0.157 e. The zero-order valence-electron chi connectivity index (χ0n) is 10.8. The van der Waals surface area contributed by atoms with Crippen LogP contribution in [0.5, 0.6) is 5.75 Å². The molecule has 0 spiro atoms. The molecule has 0 fully saturated rings. The van der Waals surface area contributed by atoms with Crippen molar-refractivity contribution in [1.82, 2.24) is 0 Å². The summed E-state index contributed by atoms with van der Waals surface area (Å²) in [5.74, 6) is 0.396. The molecule has 0 amide bonds. The molecule has 0 heterocycles. The van der Waals surface area contributed by atoms with Gasteiger partial charge in [0, 0.05) is 16.7 Å². The molecule has 0 aliphatic heterocycles. The van der Waals surface area contributed by atoms with Crippen molar-refractivity contribution < 1.29 is 4.74 Å². The van der Waals surface area contributed by atoms with Gasteiger partial charge in [-0.15, -0.1) is 0 Å². The average molecular weight is 339 g/mol. The third-order valence-electron chi connectivity index (χ3n) is 2.70. The first-order valence-electron chi connectivity index (χ1n) is 6.03. The molecule has 0 aliphatic rings. The third-order valence-corrected chi connectivity index (χ3v) is 3.63. The van der Waals surface area contributed by atoms with Crippen LogP contribution in [0.3, 0.4) is 0 Å². The van der Waals surface area contributed by atoms with Crippen molar-refractivity contribution in [2.45, 2.75) is 6.61 Å². The molecule has 0 aromatic heterocycles. The summed E-state index contributed by atoms with van der Waals surface area (Å²) in [5.41, 5.74) is 1.58. The molecule has 0 atom stereocenters. The maximum absolute atomic E-state index is 8.52. The van der Waals surface area contributed by atoms with E-state index < -0.39 is 0 Å². The number of nitriles is 1. The molecule has 5 heteroatoms. The van der Waals surface area contributed by atoms with Gasteiger partial charge in [-0.1, -0.05) is 53.0 Å². The normalized spacial score (nSPS) is 10.6. The molecule has 0 bridgehead atoms. The van der Waals surface area contributed by atoms with Gasteiger partial charge in [0.1, 0.15) is 6.61 Å². The zero-order chi connectivity index (χ0) is 15.2. The number of benzene rings is 2. The molecule has 2 rings (SSSR count). The lowest BCUT2D eigenvalue weighted by molar-refractivity contribution is 0.306. The van der Waals surface area contributed by atoms with Crippen LogP contribution >= 0.6 is 34.8 Å². The second-order valence-corrected chi connectivity index (χ2v) is 5.38. The van der Waals surface area contributed by atoms with Crippen molar-refractivity contribution in [1.29, 1.82) is 5.26 Å². The predicted octanol–water partition coefficient (Wildman–Crippen LogP) is 5.76. The van der Waals surface area contributed by atoms with E-state index in [1.807, 2.05) is 24.3 Å². The first-order chi connectivity index (χ1) is 10.1. The predicted molar refractivity (Wildman–Crippen MR) is 86.9 cm³/mol. The minimum Gasteiger partial charge on any atom is -0.486 e. The number of nitrogens with zero attached hydrogens (tertiary/aromatic N) is 1. The number of allylic oxidation sites excluding steroid dienone is 1. The summed E-state index contributed by atoms with van der Waals surface area (Å²) in [4.78, 5) is 0. The van der Waals surface area contributed by atoms with Crippen molar-refractivity contribution >= 4 is 40.9 Å². The van der Waals surface area contributed by atoms with Gasteiger partial charge in [-0.2, -0.15) is 5.26 Å². The van der Waals surface area contributed by atoms with Gasteiger partial charge in [0.15, 0.2) is 5.75 Å². The van der Waals surface area contributed by atoms with Crippen molar-refractivity contribution in [2.75, 3.05) is 0 Å². The van der Waals surface area contributed by atoms with E-state index in [0.29, 0.717) is 20.8 Å². The molecule has 21 heavy (non-hydrogen) atoms. The molecule has 0 saturated carbocycles. The quantitative estimate of drug-likeness (QED) is 0.664. The number of hydrogen-bond acceptors (Lipinski definition) is 2. The van der Waals surface area contributed by atoms with Gasteiger partial charge in [-0.3, -0.25) is 0 Å². The Labute approximate surface area is 138 Å².